The molecule has 0 spiro atoms. The Morgan fingerprint density at radius 3 is 2.03 bits per heavy atom. The second-order valence-electron chi connectivity index (χ2n) is 6.74. The van der Waals surface area contributed by atoms with Crippen molar-refractivity contribution in [2.45, 2.75) is 12.5 Å². The molecule has 9 nitrogen and oxygen atoms in total. The molecule has 1 unspecified atom stereocenters. The Bertz CT molecular complexity index is 1040. The number of phenolic OH excluding ortho intramolecular Hbond substituents is 1. The summed E-state index contributed by atoms with van der Waals surface area (Å²) in [7, 11) is 2.71. The van der Waals surface area contributed by atoms with Crippen LogP contribution in [0.5, 0.6) is 17.2 Å². The van der Waals surface area contributed by atoms with Gasteiger partial charge in [0.05, 0.1) is 21.4 Å². The van der Waals surface area contributed by atoms with Gasteiger partial charge in [0.2, 0.25) is 11.8 Å². The molecule has 1 atom stereocenters. The molecule has 2 aromatic carbocycles. The van der Waals surface area contributed by atoms with Gasteiger partial charge in [0, 0.05) is 13.5 Å². The van der Waals surface area contributed by atoms with Gasteiger partial charge in [-0.15, -0.1) is 0 Å². The second-order valence-corrected chi connectivity index (χ2v) is 11.4. The number of methoxy groups -OCH3 is 1. The minimum absolute atomic E-state index is 0.190. The summed E-state index contributed by atoms with van der Waals surface area (Å²) in [5.41, 5.74) is 0.790. The molecule has 0 saturated heterocycles. The van der Waals surface area contributed by atoms with E-state index in [0.717, 1.165) is 12.7 Å². The number of aromatic hydroxyl groups is 1. The fourth-order valence-corrected chi connectivity index (χ4v) is 6.49. The SMILES string of the molecule is CNC(=O)COCC(=O)NC(Cc1cc(I)c(Oc2cc(I)c(O)c(I)c2)c(I)c1)C(=O)OC. The molecule has 13 heteroatoms. The van der Waals surface area contributed by atoms with Gasteiger partial charge < -0.3 is 30.0 Å². The van der Waals surface area contributed by atoms with Crippen molar-refractivity contribution in [1.82, 2.24) is 10.6 Å². The molecule has 0 aromatic heterocycles. The number of halogens is 4. The third kappa shape index (κ3) is 8.77. The molecule has 0 aliphatic rings. The maximum atomic E-state index is 12.3. The van der Waals surface area contributed by atoms with Crippen molar-refractivity contribution in [2.75, 3.05) is 27.4 Å². The lowest BCUT2D eigenvalue weighted by molar-refractivity contribution is -0.146. The van der Waals surface area contributed by atoms with Gasteiger partial charge in [-0.25, -0.2) is 4.79 Å². The van der Waals surface area contributed by atoms with Crippen LogP contribution in [0.15, 0.2) is 24.3 Å². The number of hydrogen-bond acceptors (Lipinski definition) is 7. The van der Waals surface area contributed by atoms with Crippen molar-refractivity contribution in [1.29, 1.82) is 0 Å². The summed E-state index contributed by atoms with van der Waals surface area (Å²) >= 11 is 8.37. The molecule has 0 aliphatic carbocycles. The number of hydrogen-bond donors (Lipinski definition) is 3. The third-order valence-corrected chi connectivity index (χ3v) is 7.52. The molecule has 2 amide bonds. The van der Waals surface area contributed by atoms with Crippen molar-refractivity contribution in [3.63, 3.8) is 0 Å². The monoisotopic (exact) mass is 920 g/mol. The molecule has 0 heterocycles. The Morgan fingerprint density at radius 1 is 0.941 bits per heavy atom. The Labute approximate surface area is 251 Å². The number of phenols is 1. The molecule has 0 bridgehead atoms. The molecule has 3 N–H and O–H groups in total. The second kappa shape index (κ2) is 14.2. The van der Waals surface area contributed by atoms with E-state index in [4.69, 9.17) is 14.2 Å². The van der Waals surface area contributed by atoms with Crippen molar-refractivity contribution in [2.24, 2.45) is 0 Å². The molecular weight excluding hydrogens is 900 g/mol. The van der Waals surface area contributed by atoms with Crippen LogP contribution < -0.4 is 15.4 Å². The van der Waals surface area contributed by atoms with Gasteiger partial charge in [0.15, 0.2) is 5.75 Å². The van der Waals surface area contributed by atoms with Gasteiger partial charge in [-0.3, -0.25) is 9.59 Å². The zero-order chi connectivity index (χ0) is 25.4. The molecule has 0 saturated carbocycles. The zero-order valence-electron chi connectivity index (χ0n) is 17.9. The van der Waals surface area contributed by atoms with Crippen LogP contribution in [0, 0.1) is 14.3 Å². The van der Waals surface area contributed by atoms with Crippen LogP contribution in [0.1, 0.15) is 5.56 Å². The average Bonchev–Trinajstić information content (AvgIpc) is 2.78. The molecule has 2 rings (SSSR count). The lowest BCUT2D eigenvalue weighted by Gasteiger charge is -2.18. The zero-order valence-corrected chi connectivity index (χ0v) is 26.5. The van der Waals surface area contributed by atoms with Gasteiger partial charge >= 0.3 is 5.97 Å². The summed E-state index contributed by atoms with van der Waals surface area (Å²) in [5.74, 6) is -0.0581. The number of nitrogens with one attached hydrogen (secondary N) is 2. The fourth-order valence-electron chi connectivity index (χ4n) is 2.66. The smallest absolute Gasteiger partial charge is 0.328 e. The van der Waals surface area contributed by atoms with Crippen LogP contribution >= 0.6 is 90.4 Å². The van der Waals surface area contributed by atoms with Crippen LogP contribution in [0.2, 0.25) is 0 Å². The van der Waals surface area contributed by atoms with E-state index in [9.17, 15) is 19.5 Å². The van der Waals surface area contributed by atoms with Crippen molar-refractivity contribution < 1.29 is 33.7 Å². The number of esters is 1. The lowest BCUT2D eigenvalue weighted by Crippen LogP contribution is -2.44. The van der Waals surface area contributed by atoms with Crippen molar-refractivity contribution in [3.8, 4) is 17.2 Å². The van der Waals surface area contributed by atoms with Crippen molar-refractivity contribution >= 4 is 108 Å². The van der Waals surface area contributed by atoms with E-state index in [1.54, 1.807) is 12.1 Å². The van der Waals surface area contributed by atoms with Crippen molar-refractivity contribution in [3.05, 3.63) is 44.1 Å². The Morgan fingerprint density at radius 2 is 1.50 bits per heavy atom. The van der Waals surface area contributed by atoms with Crippen LogP contribution in [-0.2, 0) is 30.3 Å². The minimum atomic E-state index is -0.931. The maximum Gasteiger partial charge on any atom is 0.328 e. The normalized spacial score (nSPS) is 11.5. The predicted octanol–water partition coefficient (Wildman–Crippen LogP) is 3.57. The number of carbonyl (C=O) groups is 3. The largest absolute Gasteiger partial charge is 0.506 e. The van der Waals surface area contributed by atoms with Gasteiger partial charge in [-0.05, 0) is 120 Å². The maximum absolute atomic E-state index is 12.3. The molecule has 0 aliphatic heterocycles. The van der Waals surface area contributed by atoms with E-state index in [2.05, 4.69) is 55.8 Å². The molecule has 0 radical (unpaired) electrons. The van der Waals surface area contributed by atoms with Crippen LogP contribution in [0.25, 0.3) is 0 Å². The van der Waals surface area contributed by atoms with E-state index >= 15 is 0 Å². The molecule has 0 fully saturated rings. The summed E-state index contributed by atoms with van der Waals surface area (Å²) in [6.45, 7) is -0.628. The number of benzene rings is 2. The molecule has 34 heavy (non-hydrogen) atoms. The molecular formula is C21H20I4N2O7. The first kappa shape index (κ1) is 29.6. The van der Waals surface area contributed by atoms with E-state index in [0.29, 0.717) is 18.6 Å². The van der Waals surface area contributed by atoms with E-state index in [1.807, 2.05) is 57.3 Å². The van der Waals surface area contributed by atoms with Crippen LogP contribution in [0.4, 0.5) is 0 Å². The minimum Gasteiger partial charge on any atom is -0.506 e. The van der Waals surface area contributed by atoms with Gasteiger partial charge in [0.25, 0.3) is 0 Å². The van der Waals surface area contributed by atoms with E-state index < -0.39 is 17.9 Å². The summed E-state index contributed by atoms with van der Waals surface area (Å²) in [5, 5.41) is 14.9. The Balaban J connectivity index is 2.14. The Kier molecular flexibility index (Phi) is 12.3. The number of carbonyl (C=O) groups excluding carboxylic acids is 3. The van der Waals surface area contributed by atoms with Crippen LogP contribution in [-0.4, -0.2) is 56.3 Å². The standard InChI is InChI=1S/C21H20I4N2O7/c1-26-17(28)8-33-9-18(29)27-16(21(31)32-2)5-10-3-14(24)20(15(25)4-10)34-11-6-12(22)19(30)13(23)7-11/h3-4,6-7,16,30H,5,8-9H2,1-2H3,(H,26,28)(H,27,29). The highest BCUT2D eigenvalue weighted by molar-refractivity contribution is 14.1. The van der Waals surface area contributed by atoms with Gasteiger partial charge in [-0.2, -0.15) is 0 Å². The van der Waals surface area contributed by atoms with Gasteiger partial charge in [0.1, 0.15) is 30.8 Å². The number of rotatable bonds is 10. The fraction of sp³-hybridized carbons (Fsp3) is 0.286. The average molecular weight is 920 g/mol. The van der Waals surface area contributed by atoms with E-state index in [-0.39, 0.29) is 31.3 Å². The first-order valence-electron chi connectivity index (χ1n) is 9.55. The first-order valence-corrected chi connectivity index (χ1v) is 13.9. The summed E-state index contributed by atoms with van der Waals surface area (Å²) in [6, 6.07) is 6.28. The number of likely N-dealkylation sites (N-methyl/N-ethyl adjacent to an activating group) is 1. The summed E-state index contributed by atoms with van der Waals surface area (Å²) < 4.78 is 18.9. The summed E-state index contributed by atoms with van der Waals surface area (Å²) in [4.78, 5) is 35.6. The highest BCUT2D eigenvalue weighted by Gasteiger charge is 2.23. The van der Waals surface area contributed by atoms with Gasteiger partial charge in [-0.1, -0.05) is 0 Å². The number of ether oxygens (including phenoxy) is 3. The third-order valence-electron chi connectivity index (χ3n) is 4.27. The predicted molar refractivity (Wildman–Crippen MR) is 158 cm³/mol. The highest BCUT2D eigenvalue weighted by Crippen LogP contribution is 2.37. The lowest BCUT2D eigenvalue weighted by atomic mass is 10.1. The topological polar surface area (TPSA) is 123 Å². The van der Waals surface area contributed by atoms with E-state index in [1.165, 1.54) is 14.2 Å². The highest BCUT2D eigenvalue weighted by atomic mass is 127. The Hall–Kier alpha value is -0.670. The summed E-state index contributed by atoms with van der Waals surface area (Å²) in [6.07, 6.45) is 0.190. The molecule has 184 valence electrons. The first-order chi connectivity index (χ1) is 16.0. The van der Waals surface area contributed by atoms with Crippen LogP contribution in [0.3, 0.4) is 0 Å². The quantitative estimate of drug-likeness (QED) is 0.246. The number of amides is 2. The molecule has 2 aromatic rings.